The summed E-state index contributed by atoms with van der Waals surface area (Å²) in [4.78, 5) is 25.0. The third-order valence-electron chi connectivity index (χ3n) is 4.95. The summed E-state index contributed by atoms with van der Waals surface area (Å²) in [6.45, 7) is 0.925. The predicted molar refractivity (Wildman–Crippen MR) is 121 cm³/mol. The number of esters is 1. The van der Waals surface area contributed by atoms with E-state index in [0.29, 0.717) is 36.9 Å². The minimum absolute atomic E-state index is 0.106. The summed E-state index contributed by atoms with van der Waals surface area (Å²) in [6, 6.07) is 16.3. The number of ether oxygens (including phenoxy) is 2. The summed E-state index contributed by atoms with van der Waals surface area (Å²) in [5, 5.41) is 4.64. The lowest BCUT2D eigenvalue weighted by Crippen LogP contribution is -2.40. The number of amides is 1. The SMILES string of the molecule is O=C(COC(=O)Cc1ccc(S(=O)(=O)N2CCOCC2)s1)Nc1cccc2ccccc12. The molecule has 10 heteroatoms. The number of morpholine rings is 1. The number of hydrogen-bond acceptors (Lipinski definition) is 7. The monoisotopic (exact) mass is 474 g/mol. The second-order valence-corrected chi connectivity index (χ2v) is 10.5. The molecule has 1 N–H and O–H groups in total. The highest BCUT2D eigenvalue weighted by atomic mass is 32.2. The standard InChI is InChI=1S/C22H22N2O6S2/c25-20(23-19-7-3-5-16-4-1-2-6-18(16)19)15-30-21(26)14-17-8-9-22(31-17)32(27,28)24-10-12-29-13-11-24/h1-9H,10-15H2,(H,23,25). The zero-order chi connectivity index (χ0) is 22.6. The molecule has 1 aromatic heterocycles. The van der Waals surface area contributed by atoms with Gasteiger partial charge in [0.05, 0.1) is 19.6 Å². The van der Waals surface area contributed by atoms with Crippen LogP contribution in [-0.4, -0.2) is 57.5 Å². The third-order valence-corrected chi connectivity index (χ3v) is 8.40. The van der Waals surface area contributed by atoms with Crippen LogP contribution < -0.4 is 5.32 Å². The van der Waals surface area contributed by atoms with Gasteiger partial charge in [0, 0.05) is 29.0 Å². The van der Waals surface area contributed by atoms with Crippen molar-refractivity contribution < 1.29 is 27.5 Å². The maximum atomic E-state index is 12.7. The number of carbonyl (C=O) groups is 2. The van der Waals surface area contributed by atoms with Crippen LogP contribution in [0.3, 0.4) is 0 Å². The first-order valence-corrected chi connectivity index (χ1v) is 12.3. The Morgan fingerprint density at radius 3 is 2.59 bits per heavy atom. The Morgan fingerprint density at radius 2 is 1.78 bits per heavy atom. The summed E-state index contributed by atoms with van der Waals surface area (Å²) in [5.74, 6) is -1.05. The molecule has 0 aliphatic carbocycles. The molecule has 0 bridgehead atoms. The minimum atomic E-state index is -3.60. The number of carbonyl (C=O) groups excluding carboxylic acids is 2. The van der Waals surface area contributed by atoms with Gasteiger partial charge in [-0.1, -0.05) is 36.4 Å². The summed E-state index contributed by atoms with van der Waals surface area (Å²) in [7, 11) is -3.60. The average molecular weight is 475 g/mol. The number of anilines is 1. The molecule has 1 amide bonds. The van der Waals surface area contributed by atoms with Crippen molar-refractivity contribution in [3.8, 4) is 0 Å². The number of thiophene rings is 1. The number of hydrogen-bond donors (Lipinski definition) is 1. The molecule has 3 aromatic rings. The van der Waals surface area contributed by atoms with Gasteiger partial charge in [-0.25, -0.2) is 8.42 Å². The average Bonchev–Trinajstić information content (AvgIpc) is 3.28. The molecular weight excluding hydrogens is 452 g/mol. The Bertz CT molecular complexity index is 1230. The lowest BCUT2D eigenvalue weighted by Gasteiger charge is -2.25. The van der Waals surface area contributed by atoms with Gasteiger partial charge in [0.15, 0.2) is 6.61 Å². The van der Waals surface area contributed by atoms with E-state index in [9.17, 15) is 18.0 Å². The predicted octanol–water partition coefficient (Wildman–Crippen LogP) is 2.65. The zero-order valence-corrected chi connectivity index (χ0v) is 18.8. The van der Waals surface area contributed by atoms with Crippen molar-refractivity contribution in [1.29, 1.82) is 0 Å². The van der Waals surface area contributed by atoms with E-state index in [0.717, 1.165) is 22.1 Å². The smallest absolute Gasteiger partial charge is 0.311 e. The van der Waals surface area contributed by atoms with Crippen molar-refractivity contribution in [2.24, 2.45) is 0 Å². The van der Waals surface area contributed by atoms with E-state index in [-0.39, 0.29) is 10.6 Å². The molecule has 0 unspecified atom stereocenters. The molecule has 2 aromatic carbocycles. The van der Waals surface area contributed by atoms with Crippen LogP contribution in [0.25, 0.3) is 10.8 Å². The molecule has 0 saturated carbocycles. The van der Waals surface area contributed by atoms with Crippen LogP contribution in [0.4, 0.5) is 5.69 Å². The molecule has 1 saturated heterocycles. The number of nitrogens with one attached hydrogen (secondary N) is 1. The van der Waals surface area contributed by atoms with Crippen molar-refractivity contribution in [1.82, 2.24) is 4.31 Å². The fourth-order valence-corrected chi connectivity index (χ4v) is 6.27. The quantitative estimate of drug-likeness (QED) is 0.528. The highest BCUT2D eigenvalue weighted by Gasteiger charge is 2.28. The van der Waals surface area contributed by atoms with Gasteiger partial charge in [0.25, 0.3) is 15.9 Å². The molecule has 2 heterocycles. The minimum Gasteiger partial charge on any atom is -0.455 e. The maximum absolute atomic E-state index is 12.7. The number of nitrogens with zero attached hydrogens (tertiary/aromatic N) is 1. The van der Waals surface area contributed by atoms with Gasteiger partial charge in [-0.05, 0) is 23.6 Å². The second-order valence-electron chi connectivity index (χ2n) is 7.15. The third kappa shape index (κ3) is 5.16. The van der Waals surface area contributed by atoms with Crippen LogP contribution in [0, 0.1) is 0 Å². The highest BCUT2D eigenvalue weighted by molar-refractivity contribution is 7.91. The normalized spacial score (nSPS) is 14.9. The van der Waals surface area contributed by atoms with Gasteiger partial charge in [-0.2, -0.15) is 4.31 Å². The molecule has 168 valence electrons. The summed E-state index contributed by atoms with van der Waals surface area (Å²) in [6.07, 6.45) is -0.106. The highest BCUT2D eigenvalue weighted by Crippen LogP contribution is 2.26. The lowest BCUT2D eigenvalue weighted by molar-refractivity contribution is -0.146. The molecule has 1 aliphatic heterocycles. The van der Waals surface area contributed by atoms with Gasteiger partial charge in [-0.3, -0.25) is 9.59 Å². The molecule has 0 radical (unpaired) electrons. The van der Waals surface area contributed by atoms with Gasteiger partial charge >= 0.3 is 5.97 Å². The van der Waals surface area contributed by atoms with Crippen molar-refractivity contribution in [3.63, 3.8) is 0 Å². The largest absolute Gasteiger partial charge is 0.455 e. The molecule has 32 heavy (non-hydrogen) atoms. The lowest BCUT2D eigenvalue weighted by atomic mass is 10.1. The number of fused-ring (bicyclic) bond motifs is 1. The van der Waals surface area contributed by atoms with E-state index in [1.807, 2.05) is 36.4 Å². The topological polar surface area (TPSA) is 102 Å². The summed E-state index contributed by atoms with van der Waals surface area (Å²) in [5.41, 5.74) is 0.639. The van der Waals surface area contributed by atoms with E-state index < -0.39 is 28.5 Å². The number of rotatable bonds is 7. The zero-order valence-electron chi connectivity index (χ0n) is 17.2. The van der Waals surface area contributed by atoms with Crippen LogP contribution in [0.15, 0.2) is 58.8 Å². The summed E-state index contributed by atoms with van der Waals surface area (Å²) < 4.78 is 37.2. The maximum Gasteiger partial charge on any atom is 0.311 e. The molecular formula is C22H22N2O6S2. The first-order valence-electron chi connectivity index (χ1n) is 10.0. The van der Waals surface area contributed by atoms with Crippen LogP contribution in [0.5, 0.6) is 0 Å². The second kappa shape index (κ2) is 9.78. The van der Waals surface area contributed by atoms with Crippen LogP contribution in [0.1, 0.15) is 4.88 Å². The Balaban J connectivity index is 1.31. The van der Waals surface area contributed by atoms with E-state index in [1.54, 1.807) is 12.1 Å². The molecule has 0 atom stereocenters. The Labute approximate surface area is 189 Å². The first kappa shape index (κ1) is 22.4. The van der Waals surface area contributed by atoms with Crippen LogP contribution >= 0.6 is 11.3 Å². The van der Waals surface area contributed by atoms with Crippen LogP contribution in [0.2, 0.25) is 0 Å². The van der Waals surface area contributed by atoms with E-state index in [2.05, 4.69) is 5.32 Å². The molecule has 1 aliphatic rings. The van der Waals surface area contributed by atoms with Crippen molar-refractivity contribution in [3.05, 3.63) is 59.5 Å². The Kier molecular flexibility index (Phi) is 6.85. The first-order chi connectivity index (χ1) is 15.4. The van der Waals surface area contributed by atoms with Gasteiger partial charge < -0.3 is 14.8 Å². The molecule has 4 rings (SSSR count). The fourth-order valence-electron chi connectivity index (χ4n) is 3.37. The van der Waals surface area contributed by atoms with Crippen molar-refractivity contribution in [2.75, 3.05) is 38.2 Å². The Hall–Kier alpha value is -2.79. The Morgan fingerprint density at radius 1 is 1.03 bits per heavy atom. The van der Waals surface area contributed by atoms with Crippen molar-refractivity contribution >= 4 is 49.7 Å². The molecule has 0 spiro atoms. The van der Waals surface area contributed by atoms with Crippen LogP contribution in [-0.2, 0) is 35.5 Å². The number of benzene rings is 2. The fraction of sp³-hybridized carbons (Fsp3) is 0.273. The summed E-state index contributed by atoms with van der Waals surface area (Å²) >= 11 is 1.03. The van der Waals surface area contributed by atoms with Crippen molar-refractivity contribution in [2.45, 2.75) is 10.6 Å². The van der Waals surface area contributed by atoms with E-state index in [4.69, 9.17) is 9.47 Å². The van der Waals surface area contributed by atoms with E-state index >= 15 is 0 Å². The van der Waals surface area contributed by atoms with Gasteiger partial charge in [0.1, 0.15) is 4.21 Å². The number of sulfonamides is 1. The van der Waals surface area contributed by atoms with E-state index in [1.165, 1.54) is 10.4 Å². The molecule has 1 fully saturated rings. The molecule has 8 nitrogen and oxygen atoms in total. The van der Waals surface area contributed by atoms with Gasteiger partial charge in [-0.15, -0.1) is 11.3 Å². The van der Waals surface area contributed by atoms with Gasteiger partial charge in [0.2, 0.25) is 0 Å².